The molecule has 0 saturated carbocycles. The van der Waals surface area contributed by atoms with Crippen molar-refractivity contribution < 1.29 is 22.6 Å². The van der Waals surface area contributed by atoms with Crippen LogP contribution in [0.5, 0.6) is 11.5 Å². The topological polar surface area (TPSA) is 65.1 Å². The lowest BCUT2D eigenvalue weighted by atomic mass is 10.1. The second-order valence-electron chi connectivity index (χ2n) is 4.64. The molecule has 1 aliphatic rings. The number of morpholine rings is 1. The minimum Gasteiger partial charge on any atom is -0.493 e. The highest BCUT2D eigenvalue weighted by atomic mass is 35.7. The number of methoxy groups -OCH3 is 2. The number of hydrogen-bond donors (Lipinski definition) is 0. The van der Waals surface area contributed by atoms with Crippen molar-refractivity contribution in [1.82, 2.24) is 4.90 Å². The van der Waals surface area contributed by atoms with Crippen molar-refractivity contribution in [3.05, 3.63) is 17.7 Å². The van der Waals surface area contributed by atoms with E-state index < -0.39 is 9.05 Å². The summed E-state index contributed by atoms with van der Waals surface area (Å²) < 4.78 is 39.2. The fourth-order valence-electron chi connectivity index (χ4n) is 2.25. The van der Waals surface area contributed by atoms with Crippen LogP contribution in [0.2, 0.25) is 0 Å². The summed E-state index contributed by atoms with van der Waals surface area (Å²) in [5, 5.41) is 0. The number of nitrogens with zero attached hydrogens (tertiary/aromatic N) is 1. The van der Waals surface area contributed by atoms with Crippen LogP contribution in [0.3, 0.4) is 0 Å². The molecule has 0 aromatic heterocycles. The molecule has 0 radical (unpaired) electrons. The quantitative estimate of drug-likeness (QED) is 0.759. The zero-order chi connectivity index (χ0) is 15.5. The van der Waals surface area contributed by atoms with Crippen LogP contribution in [0.1, 0.15) is 5.56 Å². The van der Waals surface area contributed by atoms with Gasteiger partial charge in [-0.25, -0.2) is 8.42 Å². The molecule has 0 spiro atoms. The lowest BCUT2D eigenvalue weighted by Gasteiger charge is -2.27. The summed E-state index contributed by atoms with van der Waals surface area (Å²) in [6.07, 6.45) is 0. The summed E-state index contributed by atoms with van der Waals surface area (Å²) in [7, 11) is 4.63. The molecule has 1 saturated heterocycles. The van der Waals surface area contributed by atoms with E-state index in [0.717, 1.165) is 13.1 Å². The van der Waals surface area contributed by atoms with Gasteiger partial charge in [0.15, 0.2) is 11.5 Å². The number of ether oxygens (including phenoxy) is 3. The highest BCUT2D eigenvalue weighted by molar-refractivity contribution is 8.13. The van der Waals surface area contributed by atoms with Gasteiger partial charge in [-0.15, -0.1) is 0 Å². The highest BCUT2D eigenvalue weighted by Crippen LogP contribution is 2.34. The average Bonchev–Trinajstić information content (AvgIpc) is 2.46. The molecule has 0 unspecified atom stereocenters. The predicted octanol–water partition coefficient (Wildman–Crippen LogP) is 1.46. The second kappa shape index (κ2) is 6.83. The molecule has 1 fully saturated rings. The molecule has 0 N–H and O–H groups in total. The minimum atomic E-state index is -3.86. The summed E-state index contributed by atoms with van der Waals surface area (Å²) in [4.78, 5) is 2.16. The molecule has 1 aromatic carbocycles. The lowest BCUT2D eigenvalue weighted by Crippen LogP contribution is -2.35. The largest absolute Gasteiger partial charge is 0.493 e. The SMILES string of the molecule is COc1cc(CN2CCOCC2)c(S(=O)(=O)Cl)cc1OC. The molecule has 0 aliphatic carbocycles. The monoisotopic (exact) mass is 335 g/mol. The van der Waals surface area contributed by atoms with Crippen LogP contribution in [-0.2, 0) is 20.3 Å². The zero-order valence-corrected chi connectivity index (χ0v) is 13.5. The van der Waals surface area contributed by atoms with E-state index >= 15 is 0 Å². The summed E-state index contributed by atoms with van der Waals surface area (Å²) in [5.74, 6) is 0.812. The van der Waals surface area contributed by atoms with Crippen molar-refractivity contribution in [2.45, 2.75) is 11.4 Å². The van der Waals surface area contributed by atoms with Gasteiger partial charge in [0, 0.05) is 36.4 Å². The summed E-state index contributed by atoms with van der Waals surface area (Å²) >= 11 is 0. The van der Waals surface area contributed by atoms with E-state index in [2.05, 4.69) is 4.90 Å². The van der Waals surface area contributed by atoms with E-state index in [1.165, 1.54) is 20.3 Å². The third kappa shape index (κ3) is 4.00. The number of rotatable bonds is 5. The normalized spacial score (nSPS) is 16.7. The molecule has 0 atom stereocenters. The van der Waals surface area contributed by atoms with E-state index in [-0.39, 0.29) is 4.90 Å². The predicted molar refractivity (Wildman–Crippen MR) is 78.7 cm³/mol. The molecule has 8 heteroatoms. The van der Waals surface area contributed by atoms with Crippen LogP contribution >= 0.6 is 10.7 Å². The van der Waals surface area contributed by atoms with Crippen molar-refractivity contribution in [1.29, 1.82) is 0 Å². The first-order valence-electron chi connectivity index (χ1n) is 6.45. The number of benzene rings is 1. The van der Waals surface area contributed by atoms with E-state index in [0.29, 0.717) is 36.8 Å². The smallest absolute Gasteiger partial charge is 0.261 e. The molecule has 1 heterocycles. The maximum absolute atomic E-state index is 11.8. The van der Waals surface area contributed by atoms with Gasteiger partial charge in [0.05, 0.1) is 32.3 Å². The van der Waals surface area contributed by atoms with Gasteiger partial charge < -0.3 is 14.2 Å². The third-order valence-electron chi connectivity index (χ3n) is 3.33. The van der Waals surface area contributed by atoms with Gasteiger partial charge in [-0.1, -0.05) is 0 Å². The van der Waals surface area contributed by atoms with Crippen molar-refractivity contribution >= 4 is 19.7 Å². The Kier molecular flexibility index (Phi) is 5.32. The Morgan fingerprint density at radius 2 is 1.76 bits per heavy atom. The summed E-state index contributed by atoms with van der Waals surface area (Å²) in [6, 6.07) is 3.06. The second-order valence-corrected chi connectivity index (χ2v) is 7.18. The number of hydrogen-bond acceptors (Lipinski definition) is 6. The van der Waals surface area contributed by atoms with E-state index in [9.17, 15) is 8.42 Å². The number of halogens is 1. The van der Waals surface area contributed by atoms with Crippen LogP contribution in [-0.4, -0.2) is 53.8 Å². The molecule has 21 heavy (non-hydrogen) atoms. The van der Waals surface area contributed by atoms with Crippen LogP contribution in [0.15, 0.2) is 17.0 Å². The lowest BCUT2D eigenvalue weighted by molar-refractivity contribution is 0.0338. The molecule has 1 aliphatic heterocycles. The highest BCUT2D eigenvalue weighted by Gasteiger charge is 2.22. The van der Waals surface area contributed by atoms with Crippen molar-refractivity contribution in [2.75, 3.05) is 40.5 Å². The molecule has 2 rings (SSSR count). The van der Waals surface area contributed by atoms with Gasteiger partial charge in [-0.3, -0.25) is 4.90 Å². The standard InChI is InChI=1S/C13H18ClNO5S/c1-18-11-7-10(9-15-3-5-20-6-4-15)13(21(14,16)17)8-12(11)19-2/h7-8H,3-6,9H2,1-2H3. The van der Waals surface area contributed by atoms with Crippen LogP contribution in [0.25, 0.3) is 0 Å². The maximum Gasteiger partial charge on any atom is 0.261 e. The molecule has 1 aromatic rings. The molecule has 6 nitrogen and oxygen atoms in total. The molecular weight excluding hydrogens is 318 g/mol. The van der Waals surface area contributed by atoms with Gasteiger partial charge in [0.25, 0.3) is 9.05 Å². The van der Waals surface area contributed by atoms with Gasteiger partial charge in [0.2, 0.25) is 0 Å². The fourth-order valence-corrected chi connectivity index (χ4v) is 3.37. The Morgan fingerprint density at radius 1 is 1.19 bits per heavy atom. The van der Waals surface area contributed by atoms with E-state index in [4.69, 9.17) is 24.9 Å². The van der Waals surface area contributed by atoms with Crippen molar-refractivity contribution in [3.63, 3.8) is 0 Å². The Balaban J connectivity index is 2.41. The van der Waals surface area contributed by atoms with E-state index in [1.807, 2.05) is 0 Å². The molecule has 0 amide bonds. The molecule has 118 valence electrons. The van der Waals surface area contributed by atoms with Crippen molar-refractivity contribution in [3.8, 4) is 11.5 Å². The van der Waals surface area contributed by atoms with Crippen molar-refractivity contribution in [2.24, 2.45) is 0 Å². The van der Waals surface area contributed by atoms with Crippen LogP contribution in [0, 0.1) is 0 Å². The third-order valence-corrected chi connectivity index (χ3v) is 4.73. The Labute approximate surface area is 129 Å². The Hall–Kier alpha value is -1.02. The molecule has 0 bridgehead atoms. The zero-order valence-electron chi connectivity index (χ0n) is 12.0. The first-order valence-corrected chi connectivity index (χ1v) is 8.76. The van der Waals surface area contributed by atoms with Gasteiger partial charge in [-0.05, 0) is 11.6 Å². The maximum atomic E-state index is 11.8. The Bertz CT molecular complexity index is 599. The fraction of sp³-hybridized carbons (Fsp3) is 0.538. The average molecular weight is 336 g/mol. The first-order chi connectivity index (χ1) is 9.95. The molecular formula is C13H18ClNO5S. The van der Waals surface area contributed by atoms with Gasteiger partial charge in [-0.2, -0.15) is 0 Å². The summed E-state index contributed by atoms with van der Waals surface area (Å²) in [6.45, 7) is 3.23. The minimum absolute atomic E-state index is 0.0494. The van der Waals surface area contributed by atoms with Gasteiger partial charge >= 0.3 is 0 Å². The summed E-state index contributed by atoms with van der Waals surface area (Å²) in [5.41, 5.74) is 0.588. The van der Waals surface area contributed by atoms with Crippen LogP contribution < -0.4 is 9.47 Å². The first kappa shape index (κ1) is 16.4. The van der Waals surface area contributed by atoms with Crippen LogP contribution in [0.4, 0.5) is 0 Å². The Morgan fingerprint density at radius 3 is 2.29 bits per heavy atom. The van der Waals surface area contributed by atoms with E-state index in [1.54, 1.807) is 6.07 Å². The van der Waals surface area contributed by atoms with Gasteiger partial charge in [0.1, 0.15) is 0 Å².